The third-order valence-electron chi connectivity index (χ3n) is 3.11. The highest BCUT2D eigenvalue weighted by molar-refractivity contribution is 5.92. The number of alkyl halides is 2. The molecule has 8 heteroatoms. The van der Waals surface area contributed by atoms with Crippen LogP contribution in [0, 0.1) is 5.82 Å². The number of hydrogen-bond donors (Lipinski definition) is 2. The Bertz CT molecular complexity index is 766. The zero-order valence-corrected chi connectivity index (χ0v) is 12.6. The summed E-state index contributed by atoms with van der Waals surface area (Å²) < 4.78 is 42.2. The van der Waals surface area contributed by atoms with Gasteiger partial charge in [0.25, 0.3) is 5.91 Å². The largest absolute Gasteiger partial charge is 0.351 e. The van der Waals surface area contributed by atoms with Gasteiger partial charge in [-0.1, -0.05) is 18.2 Å². The number of nitrogens with one attached hydrogen (secondary N) is 2. The van der Waals surface area contributed by atoms with Crippen LogP contribution >= 0.6 is 0 Å². The van der Waals surface area contributed by atoms with E-state index in [1.54, 1.807) is 0 Å². The molecule has 24 heavy (non-hydrogen) atoms. The molecule has 0 radical (unpaired) electrons. The number of aromatic nitrogens is 1. The van der Waals surface area contributed by atoms with Crippen LogP contribution in [0.15, 0.2) is 42.6 Å². The maximum atomic E-state index is 14.4. The third kappa shape index (κ3) is 3.89. The second kappa shape index (κ2) is 7.12. The van der Waals surface area contributed by atoms with Crippen molar-refractivity contribution in [2.24, 2.45) is 0 Å². The molecule has 2 rings (SSSR count). The van der Waals surface area contributed by atoms with Crippen LogP contribution in [0.2, 0.25) is 0 Å². The zero-order chi connectivity index (χ0) is 17.7. The van der Waals surface area contributed by atoms with Crippen LogP contribution in [0.1, 0.15) is 18.2 Å². The van der Waals surface area contributed by atoms with E-state index in [0.717, 1.165) is 12.1 Å². The van der Waals surface area contributed by atoms with Crippen LogP contribution < -0.4 is 10.6 Å². The van der Waals surface area contributed by atoms with Gasteiger partial charge in [0.1, 0.15) is 5.82 Å². The quantitative estimate of drug-likeness (QED) is 0.881. The van der Waals surface area contributed by atoms with Gasteiger partial charge in [-0.3, -0.25) is 14.6 Å². The predicted octanol–water partition coefficient (Wildman–Crippen LogP) is 2.59. The summed E-state index contributed by atoms with van der Waals surface area (Å²) >= 11 is 0. The van der Waals surface area contributed by atoms with Crippen LogP contribution in [0.3, 0.4) is 0 Å². The van der Waals surface area contributed by atoms with Crippen molar-refractivity contribution in [3.05, 3.63) is 59.7 Å². The topological polar surface area (TPSA) is 71.1 Å². The smallest absolute Gasteiger partial charge is 0.345 e. The van der Waals surface area contributed by atoms with Crippen molar-refractivity contribution >= 4 is 17.5 Å². The number of halogens is 3. The molecule has 0 fully saturated rings. The van der Waals surface area contributed by atoms with E-state index in [1.165, 1.54) is 37.4 Å². The summed E-state index contributed by atoms with van der Waals surface area (Å²) in [7, 11) is 0. The Morgan fingerprint density at radius 1 is 1.17 bits per heavy atom. The molecule has 1 heterocycles. The Kier molecular flexibility index (Phi) is 5.18. The van der Waals surface area contributed by atoms with Crippen molar-refractivity contribution < 1.29 is 22.8 Å². The molecule has 0 aliphatic carbocycles. The summed E-state index contributed by atoms with van der Waals surface area (Å²) in [4.78, 5) is 26.6. The number of rotatable bonds is 5. The van der Waals surface area contributed by atoms with E-state index < -0.39 is 35.7 Å². The summed E-state index contributed by atoms with van der Waals surface area (Å²) in [5, 5.41) is 4.20. The molecular formula is C16H14F3N3O2. The van der Waals surface area contributed by atoms with E-state index in [1.807, 2.05) is 5.32 Å². The van der Waals surface area contributed by atoms with E-state index >= 15 is 0 Å². The van der Waals surface area contributed by atoms with E-state index in [-0.39, 0.29) is 11.4 Å². The van der Waals surface area contributed by atoms with E-state index in [0.29, 0.717) is 0 Å². The monoisotopic (exact) mass is 337 g/mol. The number of carbonyl (C=O) groups excluding carboxylic acids is 2. The van der Waals surface area contributed by atoms with Crippen molar-refractivity contribution in [2.75, 3.05) is 5.32 Å². The Hall–Kier alpha value is -2.90. The summed E-state index contributed by atoms with van der Waals surface area (Å²) in [6.45, 7) is 0.683. The van der Waals surface area contributed by atoms with E-state index in [2.05, 4.69) is 10.3 Å². The van der Waals surface area contributed by atoms with Gasteiger partial charge in [-0.25, -0.2) is 4.39 Å². The summed E-state index contributed by atoms with van der Waals surface area (Å²) in [6, 6.07) is 7.52. The lowest BCUT2D eigenvalue weighted by Crippen LogP contribution is -2.38. The number of anilines is 1. The van der Waals surface area contributed by atoms with Crippen molar-refractivity contribution in [2.45, 2.75) is 19.4 Å². The van der Waals surface area contributed by atoms with Gasteiger partial charge in [-0.15, -0.1) is 0 Å². The van der Waals surface area contributed by atoms with Gasteiger partial charge in [0.15, 0.2) is 0 Å². The molecule has 1 aromatic heterocycles. The Balaban J connectivity index is 2.19. The van der Waals surface area contributed by atoms with Crippen molar-refractivity contribution in [1.29, 1.82) is 0 Å². The number of nitrogens with zero attached hydrogens (tertiary/aromatic N) is 1. The average molecular weight is 337 g/mol. The van der Waals surface area contributed by atoms with Gasteiger partial charge in [0.2, 0.25) is 5.91 Å². The third-order valence-corrected chi connectivity index (χ3v) is 3.11. The SMILES string of the molecule is CC(=O)Nc1ccccc1C(F)(F)C(=O)NCc1ncccc1F. The minimum Gasteiger partial charge on any atom is -0.345 e. The number of carbonyl (C=O) groups is 2. The van der Waals surface area contributed by atoms with Crippen molar-refractivity contribution in [3.8, 4) is 0 Å². The minimum absolute atomic E-state index is 0.156. The molecule has 2 N–H and O–H groups in total. The molecule has 1 aromatic carbocycles. The molecule has 0 aliphatic heterocycles. The highest BCUT2D eigenvalue weighted by Gasteiger charge is 2.42. The highest BCUT2D eigenvalue weighted by Crippen LogP contribution is 2.33. The van der Waals surface area contributed by atoms with Crippen LogP contribution in [-0.4, -0.2) is 16.8 Å². The second-order valence-corrected chi connectivity index (χ2v) is 4.92. The summed E-state index contributed by atoms with van der Waals surface area (Å²) in [5.41, 5.74) is -0.981. The molecule has 2 amide bonds. The second-order valence-electron chi connectivity index (χ2n) is 4.92. The fraction of sp³-hybridized carbons (Fsp3) is 0.188. The summed E-state index contributed by atoms with van der Waals surface area (Å²) in [6.07, 6.45) is 1.29. The first-order valence-electron chi connectivity index (χ1n) is 6.95. The lowest BCUT2D eigenvalue weighted by molar-refractivity contribution is -0.147. The molecule has 0 unspecified atom stereocenters. The standard InChI is InChI=1S/C16H14F3N3O2/c1-10(23)22-13-7-3-2-5-11(13)16(18,19)15(24)21-9-14-12(17)6-4-8-20-14/h2-8H,9H2,1H3,(H,21,24)(H,22,23). The average Bonchev–Trinajstić information content (AvgIpc) is 2.53. The van der Waals surface area contributed by atoms with Crippen LogP contribution in [-0.2, 0) is 22.1 Å². The van der Waals surface area contributed by atoms with E-state index in [9.17, 15) is 22.8 Å². The van der Waals surface area contributed by atoms with Gasteiger partial charge < -0.3 is 10.6 Å². The van der Waals surface area contributed by atoms with Gasteiger partial charge in [0, 0.05) is 13.1 Å². The number of para-hydroxylation sites is 1. The van der Waals surface area contributed by atoms with Gasteiger partial charge in [-0.2, -0.15) is 8.78 Å². The van der Waals surface area contributed by atoms with Crippen LogP contribution in [0.25, 0.3) is 0 Å². The maximum absolute atomic E-state index is 14.4. The molecule has 0 saturated carbocycles. The molecule has 5 nitrogen and oxygen atoms in total. The molecule has 0 spiro atoms. The highest BCUT2D eigenvalue weighted by atomic mass is 19.3. The molecular weight excluding hydrogens is 323 g/mol. The molecule has 0 bridgehead atoms. The molecule has 126 valence electrons. The molecule has 0 atom stereocenters. The molecule has 0 aliphatic rings. The number of amides is 2. The maximum Gasteiger partial charge on any atom is 0.351 e. The van der Waals surface area contributed by atoms with E-state index in [4.69, 9.17) is 0 Å². The molecule has 2 aromatic rings. The minimum atomic E-state index is -3.91. The fourth-order valence-corrected chi connectivity index (χ4v) is 2.00. The van der Waals surface area contributed by atoms with Crippen LogP contribution in [0.4, 0.5) is 18.9 Å². The zero-order valence-electron chi connectivity index (χ0n) is 12.6. The van der Waals surface area contributed by atoms with Crippen molar-refractivity contribution in [3.63, 3.8) is 0 Å². The first-order chi connectivity index (χ1) is 11.3. The lowest BCUT2D eigenvalue weighted by atomic mass is 10.1. The number of benzene rings is 1. The Morgan fingerprint density at radius 3 is 2.54 bits per heavy atom. The predicted molar refractivity (Wildman–Crippen MR) is 80.7 cm³/mol. The summed E-state index contributed by atoms with van der Waals surface area (Å²) in [5.74, 6) is -6.79. The number of pyridine rings is 1. The first-order valence-corrected chi connectivity index (χ1v) is 6.95. The Labute approximate surface area is 135 Å². The normalized spacial score (nSPS) is 11.0. The van der Waals surface area contributed by atoms with Gasteiger partial charge in [-0.05, 0) is 18.2 Å². The molecule has 0 saturated heterocycles. The van der Waals surface area contributed by atoms with Crippen LogP contribution in [0.5, 0.6) is 0 Å². The Morgan fingerprint density at radius 2 is 1.88 bits per heavy atom. The number of hydrogen-bond acceptors (Lipinski definition) is 3. The lowest BCUT2D eigenvalue weighted by Gasteiger charge is -2.19. The van der Waals surface area contributed by atoms with Crippen molar-refractivity contribution in [1.82, 2.24) is 10.3 Å². The fourth-order valence-electron chi connectivity index (χ4n) is 2.00. The van der Waals surface area contributed by atoms with Gasteiger partial charge >= 0.3 is 5.92 Å². The first kappa shape index (κ1) is 17.5. The van der Waals surface area contributed by atoms with Gasteiger partial charge in [0.05, 0.1) is 23.5 Å².